The third-order valence-electron chi connectivity index (χ3n) is 2.46. The Labute approximate surface area is 88.5 Å². The summed E-state index contributed by atoms with van der Waals surface area (Å²) in [5, 5.41) is 1.08. The molecule has 0 bridgehead atoms. The van der Waals surface area contributed by atoms with Crippen LogP contribution in [0.5, 0.6) is 0 Å². The molecule has 0 fully saturated rings. The highest BCUT2D eigenvalue weighted by atomic mass is 16.1. The summed E-state index contributed by atoms with van der Waals surface area (Å²) in [7, 11) is 0. The fourth-order valence-corrected chi connectivity index (χ4v) is 1.65. The fourth-order valence-electron chi connectivity index (χ4n) is 1.65. The van der Waals surface area contributed by atoms with Gasteiger partial charge in [-0.15, -0.1) is 0 Å². The van der Waals surface area contributed by atoms with Gasteiger partial charge in [-0.2, -0.15) is 0 Å². The highest BCUT2D eigenvalue weighted by Gasteiger charge is 2.04. The van der Waals surface area contributed by atoms with Crippen LogP contribution in [0, 0.1) is 6.92 Å². The molecule has 1 N–H and O–H groups in total. The van der Waals surface area contributed by atoms with Crippen molar-refractivity contribution in [3.63, 3.8) is 0 Å². The standard InChI is InChI=1S/C12H14N2O/c1-3-11(15)6-9-5-10-4-8(2)14-12(10)13-7-9/h4-5,7H,3,6H2,1-2H3,(H,13,14). The summed E-state index contributed by atoms with van der Waals surface area (Å²) >= 11 is 0. The number of aromatic amines is 1. The number of aryl methyl sites for hydroxylation is 1. The molecule has 2 aromatic rings. The Kier molecular flexibility index (Phi) is 2.54. The van der Waals surface area contributed by atoms with E-state index in [2.05, 4.69) is 9.97 Å². The summed E-state index contributed by atoms with van der Waals surface area (Å²) in [6.45, 7) is 3.88. The first kappa shape index (κ1) is 9.90. The molecule has 2 rings (SSSR count). The number of hydrogen-bond donors (Lipinski definition) is 1. The van der Waals surface area contributed by atoms with E-state index in [1.165, 1.54) is 0 Å². The van der Waals surface area contributed by atoms with Crippen molar-refractivity contribution in [2.45, 2.75) is 26.7 Å². The van der Waals surface area contributed by atoms with Crippen LogP contribution in [0.15, 0.2) is 18.3 Å². The van der Waals surface area contributed by atoms with E-state index in [0.29, 0.717) is 12.8 Å². The second-order valence-corrected chi connectivity index (χ2v) is 3.80. The highest BCUT2D eigenvalue weighted by molar-refractivity contribution is 5.83. The third-order valence-corrected chi connectivity index (χ3v) is 2.46. The molecule has 2 aromatic heterocycles. The summed E-state index contributed by atoms with van der Waals surface area (Å²) in [5.41, 5.74) is 2.98. The predicted octanol–water partition coefficient (Wildman–Crippen LogP) is 2.39. The van der Waals surface area contributed by atoms with Crippen LogP contribution in [0.1, 0.15) is 24.6 Å². The van der Waals surface area contributed by atoms with E-state index in [4.69, 9.17) is 0 Å². The lowest BCUT2D eigenvalue weighted by molar-refractivity contribution is -0.118. The predicted molar refractivity (Wildman–Crippen MR) is 59.8 cm³/mol. The Hall–Kier alpha value is -1.64. The van der Waals surface area contributed by atoms with Crippen molar-refractivity contribution in [2.75, 3.05) is 0 Å². The Morgan fingerprint density at radius 2 is 2.27 bits per heavy atom. The molecule has 3 nitrogen and oxygen atoms in total. The number of carbonyl (C=O) groups excluding carboxylic acids is 1. The van der Waals surface area contributed by atoms with Crippen LogP contribution in [0.2, 0.25) is 0 Å². The molecule has 0 saturated carbocycles. The number of aromatic nitrogens is 2. The van der Waals surface area contributed by atoms with Gasteiger partial charge in [0.05, 0.1) is 0 Å². The molecule has 0 aliphatic rings. The van der Waals surface area contributed by atoms with Gasteiger partial charge in [-0.3, -0.25) is 4.79 Å². The van der Waals surface area contributed by atoms with Crippen molar-refractivity contribution in [2.24, 2.45) is 0 Å². The maximum atomic E-state index is 11.3. The van der Waals surface area contributed by atoms with Gasteiger partial charge in [0.25, 0.3) is 0 Å². The lowest BCUT2D eigenvalue weighted by Gasteiger charge is -1.98. The SMILES string of the molecule is CCC(=O)Cc1cnc2[nH]c(C)cc2c1. The summed E-state index contributed by atoms with van der Waals surface area (Å²) in [5.74, 6) is 0.253. The van der Waals surface area contributed by atoms with Crippen molar-refractivity contribution >= 4 is 16.8 Å². The summed E-state index contributed by atoms with van der Waals surface area (Å²) < 4.78 is 0. The summed E-state index contributed by atoms with van der Waals surface area (Å²) in [4.78, 5) is 18.7. The second kappa shape index (κ2) is 3.85. The lowest BCUT2D eigenvalue weighted by atomic mass is 10.1. The number of carbonyl (C=O) groups is 1. The first-order chi connectivity index (χ1) is 7.19. The lowest BCUT2D eigenvalue weighted by Crippen LogP contribution is -2.00. The molecule has 78 valence electrons. The van der Waals surface area contributed by atoms with Crippen LogP contribution in [-0.4, -0.2) is 15.8 Å². The van der Waals surface area contributed by atoms with Crippen molar-refractivity contribution in [1.29, 1.82) is 0 Å². The van der Waals surface area contributed by atoms with E-state index in [9.17, 15) is 4.79 Å². The molecular formula is C12H14N2O. The van der Waals surface area contributed by atoms with Gasteiger partial charge in [0, 0.05) is 30.1 Å². The molecule has 0 atom stereocenters. The molecule has 15 heavy (non-hydrogen) atoms. The van der Waals surface area contributed by atoms with Gasteiger partial charge in [-0.1, -0.05) is 6.92 Å². The van der Waals surface area contributed by atoms with Crippen LogP contribution < -0.4 is 0 Å². The van der Waals surface area contributed by atoms with E-state index < -0.39 is 0 Å². The maximum absolute atomic E-state index is 11.3. The van der Waals surface area contributed by atoms with Crippen LogP contribution >= 0.6 is 0 Å². The van der Waals surface area contributed by atoms with E-state index in [1.807, 2.05) is 26.0 Å². The molecular weight excluding hydrogens is 188 g/mol. The molecule has 0 aromatic carbocycles. The third kappa shape index (κ3) is 2.06. The molecule has 0 aliphatic carbocycles. The Morgan fingerprint density at radius 3 is 3.00 bits per heavy atom. The smallest absolute Gasteiger partial charge is 0.137 e. The Morgan fingerprint density at radius 1 is 1.47 bits per heavy atom. The minimum absolute atomic E-state index is 0.253. The van der Waals surface area contributed by atoms with Crippen LogP contribution in [0.4, 0.5) is 0 Å². The molecule has 0 amide bonds. The highest BCUT2D eigenvalue weighted by Crippen LogP contribution is 2.14. The van der Waals surface area contributed by atoms with E-state index in [0.717, 1.165) is 22.3 Å². The molecule has 2 heterocycles. The quantitative estimate of drug-likeness (QED) is 0.830. The van der Waals surface area contributed by atoms with Crippen molar-refractivity contribution < 1.29 is 4.79 Å². The zero-order valence-corrected chi connectivity index (χ0v) is 9.00. The molecule has 3 heteroatoms. The molecule has 0 saturated heterocycles. The number of hydrogen-bond acceptors (Lipinski definition) is 2. The van der Waals surface area contributed by atoms with Crippen LogP contribution in [0.3, 0.4) is 0 Å². The normalized spacial score (nSPS) is 10.8. The van der Waals surface area contributed by atoms with E-state index in [-0.39, 0.29) is 5.78 Å². The number of Topliss-reactive ketones (excluding diaryl/α,β-unsaturated/α-hetero) is 1. The first-order valence-electron chi connectivity index (χ1n) is 5.15. The minimum atomic E-state index is 0.253. The number of nitrogens with zero attached hydrogens (tertiary/aromatic N) is 1. The zero-order chi connectivity index (χ0) is 10.8. The van der Waals surface area contributed by atoms with Crippen molar-refractivity contribution in [3.05, 3.63) is 29.6 Å². The summed E-state index contributed by atoms with van der Waals surface area (Å²) in [6.07, 6.45) is 2.85. The number of ketones is 1. The van der Waals surface area contributed by atoms with Crippen molar-refractivity contribution in [1.82, 2.24) is 9.97 Å². The summed E-state index contributed by atoms with van der Waals surface area (Å²) in [6, 6.07) is 4.07. The topological polar surface area (TPSA) is 45.8 Å². The molecule has 0 unspecified atom stereocenters. The van der Waals surface area contributed by atoms with Gasteiger partial charge in [0.15, 0.2) is 0 Å². The van der Waals surface area contributed by atoms with E-state index >= 15 is 0 Å². The number of rotatable bonds is 3. The van der Waals surface area contributed by atoms with Crippen molar-refractivity contribution in [3.8, 4) is 0 Å². The van der Waals surface area contributed by atoms with Gasteiger partial charge in [-0.25, -0.2) is 4.98 Å². The second-order valence-electron chi connectivity index (χ2n) is 3.80. The van der Waals surface area contributed by atoms with E-state index in [1.54, 1.807) is 6.20 Å². The monoisotopic (exact) mass is 202 g/mol. The Balaban J connectivity index is 2.33. The minimum Gasteiger partial charge on any atom is -0.344 e. The van der Waals surface area contributed by atoms with Gasteiger partial charge >= 0.3 is 0 Å². The molecule has 0 spiro atoms. The van der Waals surface area contributed by atoms with Gasteiger partial charge in [0.2, 0.25) is 0 Å². The van der Waals surface area contributed by atoms with Gasteiger partial charge < -0.3 is 4.98 Å². The number of pyridine rings is 1. The zero-order valence-electron chi connectivity index (χ0n) is 9.00. The number of H-pyrrole nitrogens is 1. The molecule has 0 aliphatic heterocycles. The largest absolute Gasteiger partial charge is 0.344 e. The fraction of sp³-hybridized carbons (Fsp3) is 0.333. The Bertz CT molecular complexity index is 499. The maximum Gasteiger partial charge on any atom is 0.137 e. The average molecular weight is 202 g/mol. The molecule has 0 radical (unpaired) electrons. The van der Waals surface area contributed by atoms with Gasteiger partial charge in [0.1, 0.15) is 11.4 Å². The van der Waals surface area contributed by atoms with Crippen LogP contribution in [-0.2, 0) is 11.2 Å². The van der Waals surface area contributed by atoms with Crippen LogP contribution in [0.25, 0.3) is 11.0 Å². The average Bonchev–Trinajstić information content (AvgIpc) is 2.57. The van der Waals surface area contributed by atoms with Gasteiger partial charge in [-0.05, 0) is 24.6 Å². The first-order valence-corrected chi connectivity index (χ1v) is 5.15. The number of fused-ring (bicyclic) bond motifs is 1. The number of nitrogens with one attached hydrogen (secondary N) is 1.